The number of rotatable bonds is 2. The topological polar surface area (TPSA) is 44.5 Å². The highest BCUT2D eigenvalue weighted by atomic mass is 16.5. The van der Waals surface area contributed by atoms with Crippen LogP contribution in [0.5, 0.6) is 5.75 Å². The molecule has 0 radical (unpaired) electrons. The molecule has 1 aromatic rings. The van der Waals surface area contributed by atoms with Gasteiger partial charge in [-0.15, -0.1) is 0 Å². The molecule has 1 heterocycles. The van der Waals surface area contributed by atoms with E-state index in [1.54, 1.807) is 7.11 Å². The summed E-state index contributed by atoms with van der Waals surface area (Å²) in [4.78, 5) is 0. The van der Waals surface area contributed by atoms with E-state index >= 15 is 0 Å². The van der Waals surface area contributed by atoms with E-state index in [0.29, 0.717) is 5.41 Å². The molecule has 0 atom stereocenters. The lowest BCUT2D eigenvalue weighted by Gasteiger charge is -2.56. The molecule has 3 nitrogen and oxygen atoms in total. The van der Waals surface area contributed by atoms with Crippen molar-refractivity contribution >= 4 is 0 Å². The summed E-state index contributed by atoms with van der Waals surface area (Å²) in [7, 11) is 1.72. The second kappa shape index (κ2) is 4.50. The van der Waals surface area contributed by atoms with Gasteiger partial charge in [-0.05, 0) is 44.1 Å². The molecule has 104 valence electrons. The van der Waals surface area contributed by atoms with Gasteiger partial charge in [-0.3, -0.25) is 0 Å². The van der Waals surface area contributed by atoms with Crippen LogP contribution in [0, 0.1) is 12.3 Å². The van der Waals surface area contributed by atoms with Crippen LogP contribution < -0.4 is 10.5 Å². The predicted octanol–water partition coefficient (Wildman–Crippen LogP) is 2.75. The summed E-state index contributed by atoms with van der Waals surface area (Å²) >= 11 is 0. The summed E-state index contributed by atoms with van der Waals surface area (Å²) in [6, 6.07) is 6.30. The van der Waals surface area contributed by atoms with Gasteiger partial charge < -0.3 is 15.2 Å². The van der Waals surface area contributed by atoms with E-state index in [9.17, 15) is 0 Å². The molecular weight excluding hydrogens is 238 g/mol. The highest BCUT2D eigenvalue weighted by Crippen LogP contribution is 2.58. The fourth-order valence-electron chi connectivity index (χ4n) is 3.85. The van der Waals surface area contributed by atoms with Gasteiger partial charge in [-0.2, -0.15) is 0 Å². The molecule has 3 heteroatoms. The quantitative estimate of drug-likeness (QED) is 0.890. The first-order chi connectivity index (χ1) is 9.07. The summed E-state index contributed by atoms with van der Waals surface area (Å²) in [6.45, 7) is 3.89. The van der Waals surface area contributed by atoms with Crippen molar-refractivity contribution in [3.63, 3.8) is 0 Å². The molecule has 0 amide bonds. The number of ether oxygens (including phenoxy) is 2. The molecule has 2 aliphatic rings. The van der Waals surface area contributed by atoms with E-state index in [2.05, 4.69) is 19.1 Å². The Hall–Kier alpha value is -1.06. The van der Waals surface area contributed by atoms with Crippen LogP contribution in [-0.2, 0) is 10.3 Å². The number of hydrogen-bond acceptors (Lipinski definition) is 3. The van der Waals surface area contributed by atoms with Gasteiger partial charge >= 0.3 is 0 Å². The first-order valence-corrected chi connectivity index (χ1v) is 7.09. The fourth-order valence-corrected chi connectivity index (χ4v) is 3.85. The molecule has 1 aliphatic heterocycles. The molecule has 19 heavy (non-hydrogen) atoms. The lowest BCUT2D eigenvalue weighted by molar-refractivity contribution is -0.0730. The number of aryl methyl sites for hydroxylation is 1. The van der Waals surface area contributed by atoms with Crippen LogP contribution in [0.1, 0.15) is 36.8 Å². The van der Waals surface area contributed by atoms with E-state index in [1.807, 2.05) is 6.07 Å². The smallest absolute Gasteiger partial charge is 0.123 e. The molecule has 2 fully saturated rings. The third-order valence-corrected chi connectivity index (χ3v) is 4.83. The number of methoxy groups -OCH3 is 1. The highest BCUT2D eigenvalue weighted by molar-refractivity contribution is 5.44. The average Bonchev–Trinajstić information content (AvgIpc) is 2.38. The molecule has 1 aromatic carbocycles. The fraction of sp³-hybridized carbons (Fsp3) is 0.625. The molecule has 0 aromatic heterocycles. The molecule has 0 bridgehead atoms. The van der Waals surface area contributed by atoms with Crippen LogP contribution in [0.15, 0.2) is 18.2 Å². The molecule has 0 unspecified atom stereocenters. The second-order valence-electron chi connectivity index (χ2n) is 6.33. The zero-order valence-electron chi connectivity index (χ0n) is 11.9. The van der Waals surface area contributed by atoms with Gasteiger partial charge in [0.1, 0.15) is 5.75 Å². The minimum Gasteiger partial charge on any atom is -0.496 e. The maximum absolute atomic E-state index is 6.65. The lowest BCUT2D eigenvalue weighted by Crippen LogP contribution is -2.57. The van der Waals surface area contributed by atoms with E-state index in [0.717, 1.165) is 44.6 Å². The third kappa shape index (κ3) is 2.15. The molecular formula is C16H23NO2. The maximum Gasteiger partial charge on any atom is 0.123 e. The molecule has 1 spiro atoms. The van der Waals surface area contributed by atoms with Crippen LogP contribution in [0.25, 0.3) is 0 Å². The first kappa shape index (κ1) is 12.9. The minimum absolute atomic E-state index is 0.214. The monoisotopic (exact) mass is 261 g/mol. The normalized spacial score (nSPS) is 23.9. The van der Waals surface area contributed by atoms with Crippen molar-refractivity contribution in [3.05, 3.63) is 29.3 Å². The third-order valence-electron chi connectivity index (χ3n) is 4.83. The SMILES string of the molecule is COc1ccc(C)cc1C1(N)CC2(CCOCC2)C1. The molecule has 2 N–H and O–H groups in total. The summed E-state index contributed by atoms with van der Waals surface area (Å²) in [5.74, 6) is 0.926. The molecule has 1 saturated heterocycles. The van der Waals surface area contributed by atoms with Crippen molar-refractivity contribution < 1.29 is 9.47 Å². The highest BCUT2D eigenvalue weighted by Gasteiger charge is 2.54. The maximum atomic E-state index is 6.65. The number of nitrogens with two attached hydrogens (primary N) is 1. The Morgan fingerprint density at radius 2 is 1.89 bits per heavy atom. The standard InChI is InChI=1S/C16H23NO2/c1-12-3-4-14(18-2)13(9-12)16(17)10-15(11-16)5-7-19-8-6-15/h3-4,9H,5-8,10-11,17H2,1-2H3. The van der Waals surface area contributed by atoms with E-state index in [1.165, 1.54) is 11.1 Å². The van der Waals surface area contributed by atoms with E-state index < -0.39 is 0 Å². The summed E-state index contributed by atoms with van der Waals surface area (Å²) < 4.78 is 11.0. The van der Waals surface area contributed by atoms with Crippen LogP contribution in [0.2, 0.25) is 0 Å². The van der Waals surface area contributed by atoms with Gasteiger partial charge in [-0.1, -0.05) is 17.7 Å². The summed E-state index contributed by atoms with van der Waals surface area (Å²) in [6.07, 6.45) is 4.42. The van der Waals surface area contributed by atoms with Gasteiger partial charge in [-0.25, -0.2) is 0 Å². The van der Waals surface area contributed by atoms with Gasteiger partial charge in [0.25, 0.3) is 0 Å². The molecule has 1 saturated carbocycles. The van der Waals surface area contributed by atoms with Gasteiger partial charge in [0, 0.05) is 24.3 Å². The van der Waals surface area contributed by atoms with E-state index in [4.69, 9.17) is 15.2 Å². The number of hydrogen-bond donors (Lipinski definition) is 1. The molecule has 1 aliphatic carbocycles. The molecule has 3 rings (SSSR count). The zero-order chi connectivity index (χ0) is 13.5. The average molecular weight is 261 g/mol. The van der Waals surface area contributed by atoms with Gasteiger partial charge in [0.2, 0.25) is 0 Å². The largest absolute Gasteiger partial charge is 0.496 e. The van der Waals surface area contributed by atoms with Crippen molar-refractivity contribution in [2.75, 3.05) is 20.3 Å². The second-order valence-corrected chi connectivity index (χ2v) is 6.33. The zero-order valence-corrected chi connectivity index (χ0v) is 11.9. The van der Waals surface area contributed by atoms with Gasteiger partial charge in [0.15, 0.2) is 0 Å². The Kier molecular flexibility index (Phi) is 3.06. The van der Waals surface area contributed by atoms with Crippen LogP contribution >= 0.6 is 0 Å². The predicted molar refractivity (Wildman–Crippen MR) is 75.3 cm³/mol. The summed E-state index contributed by atoms with van der Waals surface area (Å²) in [5, 5.41) is 0. The Bertz CT molecular complexity index is 470. The van der Waals surface area contributed by atoms with Crippen molar-refractivity contribution in [1.82, 2.24) is 0 Å². The van der Waals surface area contributed by atoms with E-state index in [-0.39, 0.29) is 5.54 Å². The van der Waals surface area contributed by atoms with Crippen molar-refractivity contribution in [2.24, 2.45) is 11.1 Å². The van der Waals surface area contributed by atoms with Crippen molar-refractivity contribution in [2.45, 2.75) is 38.1 Å². The van der Waals surface area contributed by atoms with Gasteiger partial charge in [0.05, 0.1) is 7.11 Å². The van der Waals surface area contributed by atoms with Crippen molar-refractivity contribution in [1.29, 1.82) is 0 Å². The Balaban J connectivity index is 1.85. The lowest BCUT2D eigenvalue weighted by atomic mass is 9.52. The Labute approximate surface area is 115 Å². The summed E-state index contributed by atoms with van der Waals surface area (Å²) in [5.41, 5.74) is 9.28. The van der Waals surface area contributed by atoms with Crippen LogP contribution in [0.3, 0.4) is 0 Å². The van der Waals surface area contributed by atoms with Crippen LogP contribution in [0.4, 0.5) is 0 Å². The first-order valence-electron chi connectivity index (χ1n) is 7.09. The van der Waals surface area contributed by atoms with Crippen LogP contribution in [-0.4, -0.2) is 20.3 Å². The Morgan fingerprint density at radius 1 is 1.21 bits per heavy atom. The Morgan fingerprint density at radius 3 is 2.53 bits per heavy atom. The minimum atomic E-state index is -0.214. The number of benzene rings is 1. The van der Waals surface area contributed by atoms with Crippen molar-refractivity contribution in [3.8, 4) is 5.75 Å².